The predicted octanol–water partition coefficient (Wildman–Crippen LogP) is 4.58. The zero-order chi connectivity index (χ0) is 27.7. The van der Waals surface area contributed by atoms with Crippen molar-refractivity contribution in [1.29, 1.82) is 0 Å². The highest BCUT2D eigenvalue weighted by molar-refractivity contribution is 7.87. The minimum absolute atomic E-state index is 0.107. The maximum Gasteiger partial charge on any atom is 0.523 e. The number of thiophene rings is 1. The van der Waals surface area contributed by atoms with E-state index in [2.05, 4.69) is 4.18 Å². The molecule has 1 unspecified atom stereocenters. The van der Waals surface area contributed by atoms with Crippen LogP contribution in [0.15, 0.2) is 35.9 Å². The topological polar surface area (TPSA) is 116 Å². The lowest BCUT2D eigenvalue weighted by atomic mass is 9.95. The molecular formula is C23H31F3N2O6S2. The summed E-state index contributed by atoms with van der Waals surface area (Å²) in [7, 11) is -5.76. The van der Waals surface area contributed by atoms with Crippen LogP contribution in [-0.2, 0) is 29.2 Å². The van der Waals surface area contributed by atoms with Crippen LogP contribution in [0.1, 0.15) is 68.9 Å². The van der Waals surface area contributed by atoms with Gasteiger partial charge >= 0.3 is 21.6 Å². The van der Waals surface area contributed by atoms with E-state index in [1.165, 1.54) is 23.5 Å². The van der Waals surface area contributed by atoms with Gasteiger partial charge in [-0.05, 0) is 50.3 Å². The van der Waals surface area contributed by atoms with Crippen molar-refractivity contribution in [2.75, 3.05) is 0 Å². The highest BCUT2D eigenvalue weighted by atomic mass is 32.2. The third kappa shape index (κ3) is 7.89. The zero-order valence-electron chi connectivity index (χ0n) is 20.9. The summed E-state index contributed by atoms with van der Waals surface area (Å²) in [5, 5.41) is 0.789. The fourth-order valence-corrected chi connectivity index (χ4v) is 4.68. The number of carbonyl (C=O) groups is 2. The van der Waals surface area contributed by atoms with Gasteiger partial charge in [-0.25, -0.2) is 10.6 Å². The maximum absolute atomic E-state index is 13.1. The van der Waals surface area contributed by atoms with Crippen LogP contribution < -0.4 is 5.84 Å². The fourth-order valence-electron chi connectivity index (χ4n) is 3.10. The summed E-state index contributed by atoms with van der Waals surface area (Å²) in [6.07, 6.45) is 2.23. The van der Waals surface area contributed by atoms with Crippen LogP contribution in [0.3, 0.4) is 0 Å². The third-order valence-corrected chi connectivity index (χ3v) is 7.47. The minimum Gasteiger partial charge on any atom is -0.458 e. The highest BCUT2D eigenvalue weighted by Gasteiger charge is 2.48. The number of halogens is 3. The van der Waals surface area contributed by atoms with Gasteiger partial charge in [0.2, 0.25) is 0 Å². The Labute approximate surface area is 213 Å². The monoisotopic (exact) mass is 552 g/mol. The Morgan fingerprint density at radius 1 is 1.17 bits per heavy atom. The zero-order valence-corrected chi connectivity index (χ0v) is 22.5. The van der Waals surface area contributed by atoms with Gasteiger partial charge in [0.1, 0.15) is 11.6 Å². The largest absolute Gasteiger partial charge is 0.523 e. The molecule has 1 aromatic heterocycles. The van der Waals surface area contributed by atoms with Crippen molar-refractivity contribution in [2.45, 2.75) is 83.1 Å². The van der Waals surface area contributed by atoms with Gasteiger partial charge in [0.25, 0.3) is 5.91 Å². The second-order valence-electron chi connectivity index (χ2n) is 10.3. The molecule has 0 fully saturated rings. The molecule has 1 aliphatic carbocycles. The molecule has 0 radical (unpaired) electrons. The Bertz CT molecular complexity index is 1140. The van der Waals surface area contributed by atoms with Crippen LogP contribution in [-0.4, -0.2) is 48.6 Å². The molecule has 0 spiro atoms. The summed E-state index contributed by atoms with van der Waals surface area (Å²) in [6.45, 7) is 11.0. The van der Waals surface area contributed by atoms with E-state index in [0.29, 0.717) is 10.5 Å². The molecule has 1 aliphatic rings. The molecule has 8 nitrogen and oxygen atoms in total. The highest BCUT2D eigenvalue weighted by Crippen LogP contribution is 2.31. The van der Waals surface area contributed by atoms with Crippen molar-refractivity contribution in [1.82, 2.24) is 5.01 Å². The lowest BCUT2D eigenvalue weighted by molar-refractivity contribution is -0.160. The average Bonchev–Trinajstić information content (AvgIpc) is 3.20. The molecule has 0 aliphatic heterocycles. The standard InChI is InChI=1S/C23H31F3N2O6S2/c1-21(2,3)18-12-11-17(35-18)19(29)28(27)16(20(30)33-22(4,5)6)13-14-7-9-15(10-8-14)34-36(31,32)23(24,25)26/h7-9,11-12,15-16H,10,13,27H2,1-6H3/t15?,16-/m0/s1. The summed E-state index contributed by atoms with van der Waals surface area (Å²) >= 11 is 1.25. The van der Waals surface area contributed by atoms with Gasteiger partial charge in [-0.15, -0.1) is 11.3 Å². The number of rotatable bonds is 7. The quantitative estimate of drug-likeness (QED) is 0.131. The van der Waals surface area contributed by atoms with E-state index in [1.54, 1.807) is 26.8 Å². The van der Waals surface area contributed by atoms with Gasteiger partial charge in [0.15, 0.2) is 0 Å². The molecule has 2 N–H and O–H groups in total. The number of carbonyl (C=O) groups excluding carboxylic acids is 2. The molecule has 0 aromatic carbocycles. The second-order valence-corrected chi connectivity index (χ2v) is 12.9. The Kier molecular flexibility index (Phi) is 8.87. The van der Waals surface area contributed by atoms with Gasteiger partial charge < -0.3 is 4.74 Å². The first-order valence-corrected chi connectivity index (χ1v) is 13.2. The Balaban J connectivity index is 2.23. The van der Waals surface area contributed by atoms with Gasteiger partial charge in [-0.1, -0.05) is 39.0 Å². The van der Waals surface area contributed by atoms with E-state index < -0.39 is 45.2 Å². The molecule has 1 aromatic rings. The Morgan fingerprint density at radius 2 is 1.78 bits per heavy atom. The third-order valence-electron chi connectivity index (χ3n) is 4.91. The minimum atomic E-state index is -5.76. The summed E-state index contributed by atoms with van der Waals surface area (Å²) in [4.78, 5) is 27.4. The number of hydrazine groups is 1. The maximum atomic E-state index is 13.1. The molecule has 13 heteroatoms. The Hall–Kier alpha value is -2.22. The van der Waals surface area contributed by atoms with Crippen LogP contribution in [0.25, 0.3) is 0 Å². The van der Waals surface area contributed by atoms with Crippen LogP contribution in [0, 0.1) is 0 Å². The first-order chi connectivity index (χ1) is 16.2. The average molecular weight is 553 g/mol. The van der Waals surface area contributed by atoms with Gasteiger partial charge in [0.05, 0.1) is 11.0 Å². The number of esters is 1. The Morgan fingerprint density at radius 3 is 2.22 bits per heavy atom. The summed E-state index contributed by atoms with van der Waals surface area (Å²) < 4.78 is 69.9. The van der Waals surface area contributed by atoms with Crippen molar-refractivity contribution in [3.8, 4) is 0 Å². The molecular weight excluding hydrogens is 521 g/mol. The first-order valence-electron chi connectivity index (χ1n) is 11.0. The summed E-state index contributed by atoms with van der Waals surface area (Å²) in [6, 6.07) is 2.20. The van der Waals surface area contributed by atoms with Crippen molar-refractivity contribution in [2.24, 2.45) is 5.84 Å². The number of nitrogens with two attached hydrogens (primary N) is 1. The van der Waals surface area contributed by atoms with Crippen molar-refractivity contribution >= 4 is 33.3 Å². The lowest BCUT2D eigenvalue weighted by Crippen LogP contribution is -2.51. The van der Waals surface area contributed by atoms with E-state index in [-0.39, 0.29) is 18.3 Å². The van der Waals surface area contributed by atoms with Crippen molar-refractivity contribution in [3.63, 3.8) is 0 Å². The number of ether oxygens (including phenoxy) is 1. The van der Waals surface area contributed by atoms with Gasteiger partial charge in [0, 0.05) is 11.3 Å². The smallest absolute Gasteiger partial charge is 0.458 e. The number of allylic oxidation sites excluding steroid dienone is 1. The van der Waals surface area contributed by atoms with E-state index >= 15 is 0 Å². The van der Waals surface area contributed by atoms with Crippen LogP contribution >= 0.6 is 11.3 Å². The molecule has 202 valence electrons. The van der Waals surface area contributed by atoms with Crippen molar-refractivity contribution < 1.29 is 40.1 Å². The van der Waals surface area contributed by atoms with Crippen LogP contribution in [0.4, 0.5) is 13.2 Å². The van der Waals surface area contributed by atoms with E-state index in [4.69, 9.17) is 10.6 Å². The first kappa shape index (κ1) is 30.0. The molecule has 2 rings (SSSR count). The van der Waals surface area contributed by atoms with E-state index in [9.17, 15) is 31.2 Å². The van der Waals surface area contributed by atoms with E-state index in [0.717, 1.165) is 16.0 Å². The predicted molar refractivity (Wildman–Crippen MR) is 129 cm³/mol. The number of nitrogens with zero attached hydrogens (tertiary/aromatic N) is 1. The number of hydrogen-bond donors (Lipinski definition) is 1. The SMILES string of the molecule is CC(C)(C)OC(=O)[C@H](CC1=CCC(OS(=O)(=O)C(F)(F)F)C=C1)N(N)C(=O)c1ccc(C(C)(C)C)s1. The molecule has 0 saturated heterocycles. The van der Waals surface area contributed by atoms with Crippen molar-refractivity contribution in [3.05, 3.63) is 45.7 Å². The normalized spacial score (nSPS) is 17.9. The second kappa shape index (κ2) is 10.6. The number of hydrogen-bond acceptors (Lipinski definition) is 8. The molecule has 0 saturated carbocycles. The molecule has 1 amide bonds. The molecule has 2 atom stereocenters. The van der Waals surface area contributed by atoms with Crippen LogP contribution in [0.2, 0.25) is 0 Å². The van der Waals surface area contributed by atoms with E-state index in [1.807, 2.05) is 26.8 Å². The van der Waals surface area contributed by atoms with Gasteiger partial charge in [-0.3, -0.25) is 14.0 Å². The number of alkyl halides is 3. The summed E-state index contributed by atoms with van der Waals surface area (Å²) in [5.41, 5.74) is -6.16. The van der Waals surface area contributed by atoms with Crippen LogP contribution in [0.5, 0.6) is 0 Å². The van der Waals surface area contributed by atoms with Gasteiger partial charge in [-0.2, -0.15) is 21.6 Å². The number of amides is 1. The molecule has 0 bridgehead atoms. The molecule has 36 heavy (non-hydrogen) atoms. The summed E-state index contributed by atoms with van der Waals surface area (Å²) in [5.74, 6) is 4.76. The fraction of sp³-hybridized carbons (Fsp3) is 0.565. The lowest BCUT2D eigenvalue weighted by Gasteiger charge is -2.30. The molecule has 1 heterocycles.